The van der Waals surface area contributed by atoms with Crippen molar-refractivity contribution in [1.29, 1.82) is 0 Å². The monoisotopic (exact) mass is 626 g/mol. The van der Waals surface area contributed by atoms with Crippen LogP contribution in [0.1, 0.15) is 52.4 Å². The molecule has 1 saturated heterocycles. The number of ether oxygens (including phenoxy) is 2. The van der Waals surface area contributed by atoms with E-state index in [9.17, 15) is 22.8 Å². The molecule has 238 valence electrons. The fourth-order valence-corrected chi connectivity index (χ4v) is 7.70. The Kier molecular flexibility index (Phi) is 9.04. The first kappa shape index (κ1) is 31.9. The highest BCUT2D eigenvalue weighted by Crippen LogP contribution is 2.57. The molecule has 0 bridgehead atoms. The van der Waals surface area contributed by atoms with E-state index in [4.69, 9.17) is 9.47 Å². The Labute approximate surface area is 258 Å². The lowest BCUT2D eigenvalue weighted by Gasteiger charge is -2.31. The number of Topliss-reactive ketones (excluding diaryl/α,β-unsaturated/α-hetero) is 1. The highest BCUT2D eigenvalue weighted by Gasteiger charge is 2.61. The molecule has 3 fully saturated rings. The molecule has 2 aliphatic carbocycles. The Morgan fingerprint density at radius 3 is 2.61 bits per heavy atom. The minimum atomic E-state index is -3.79. The molecule has 2 saturated carbocycles. The number of rotatable bonds is 14. The van der Waals surface area contributed by atoms with Gasteiger partial charge in [0.05, 0.1) is 36.4 Å². The Morgan fingerprint density at radius 1 is 1.25 bits per heavy atom. The highest BCUT2D eigenvalue weighted by molar-refractivity contribution is 7.90. The number of likely N-dealkylation sites (N-methyl/N-ethyl adjacent to an activating group) is 1. The number of methoxy groups -OCH3 is 1. The quantitative estimate of drug-likeness (QED) is 0.303. The van der Waals surface area contributed by atoms with Crippen LogP contribution in [0.15, 0.2) is 43.1 Å². The summed E-state index contributed by atoms with van der Waals surface area (Å²) < 4.78 is 39.1. The van der Waals surface area contributed by atoms with Gasteiger partial charge in [0.1, 0.15) is 11.9 Å². The topological polar surface area (TPSA) is 144 Å². The van der Waals surface area contributed by atoms with Gasteiger partial charge in [0.25, 0.3) is 0 Å². The fraction of sp³-hybridized carbons (Fsp3) is 0.562. The summed E-state index contributed by atoms with van der Waals surface area (Å²) in [6.07, 6.45) is 4.83. The van der Waals surface area contributed by atoms with Crippen molar-refractivity contribution in [3.05, 3.63) is 43.1 Å². The molecular formula is C32H42N4O7S. The fourth-order valence-electron chi connectivity index (χ4n) is 6.31. The standard InChI is InChI=1S/C32H42N4O7S/c1-6-19(3)28(33-4)30(38)36-18-23(43-29-25-11-8-22(42-5)14-20(25)12-13-34-29)15-26(36)27(37)17-32(16-21(32)7-2)31(39)35-44(40,41)24-9-10-24/h7-8,11-14,19,21,23-24,26,28,33H,2,6,9-10,15-18H2,1,3-5H3,(H,35,39)/t19-,21+,23+,26-,28?,32+/m0/s1. The summed E-state index contributed by atoms with van der Waals surface area (Å²) in [5.41, 5.74) is -1.20. The van der Waals surface area contributed by atoms with Crippen molar-refractivity contribution in [2.24, 2.45) is 17.3 Å². The molecule has 6 atom stereocenters. The number of benzene rings is 1. The molecular weight excluding hydrogens is 584 g/mol. The summed E-state index contributed by atoms with van der Waals surface area (Å²) in [5, 5.41) is 4.19. The lowest BCUT2D eigenvalue weighted by molar-refractivity contribution is -0.141. The van der Waals surface area contributed by atoms with Crippen LogP contribution in [0.25, 0.3) is 10.8 Å². The zero-order chi connectivity index (χ0) is 31.8. The average molecular weight is 627 g/mol. The first-order valence-electron chi connectivity index (χ1n) is 15.3. The predicted molar refractivity (Wildman–Crippen MR) is 166 cm³/mol. The van der Waals surface area contributed by atoms with E-state index in [1.165, 1.54) is 0 Å². The number of fused-ring (bicyclic) bond motifs is 1. The smallest absolute Gasteiger partial charge is 0.240 e. The zero-order valence-electron chi connectivity index (χ0n) is 25.7. The largest absolute Gasteiger partial charge is 0.497 e. The molecule has 2 amide bonds. The summed E-state index contributed by atoms with van der Waals surface area (Å²) in [6, 6.07) is 6.04. The number of pyridine rings is 1. The number of hydrogen-bond acceptors (Lipinski definition) is 9. The minimum Gasteiger partial charge on any atom is -0.497 e. The summed E-state index contributed by atoms with van der Waals surface area (Å²) in [4.78, 5) is 47.3. The van der Waals surface area contributed by atoms with E-state index in [1.54, 1.807) is 31.3 Å². The van der Waals surface area contributed by atoms with Gasteiger partial charge in [0.2, 0.25) is 27.7 Å². The third kappa shape index (κ3) is 6.19. The van der Waals surface area contributed by atoms with Crippen LogP contribution in [0.3, 0.4) is 0 Å². The zero-order valence-corrected chi connectivity index (χ0v) is 26.6. The molecule has 1 aromatic heterocycles. The van der Waals surface area contributed by atoms with Crippen LogP contribution in [0, 0.1) is 17.3 Å². The van der Waals surface area contributed by atoms with Crippen molar-refractivity contribution in [2.45, 2.75) is 75.8 Å². The van der Waals surface area contributed by atoms with Crippen LogP contribution in [-0.4, -0.2) is 80.0 Å². The Hall–Kier alpha value is -3.51. The molecule has 1 aliphatic heterocycles. The Balaban J connectivity index is 1.40. The van der Waals surface area contributed by atoms with E-state index in [1.807, 2.05) is 38.1 Å². The lowest BCUT2D eigenvalue weighted by atomic mass is 9.91. The number of hydrogen-bond donors (Lipinski definition) is 2. The molecule has 5 rings (SSSR count). The molecule has 2 aromatic rings. The number of carbonyl (C=O) groups is 3. The van der Waals surface area contributed by atoms with Gasteiger partial charge in [0, 0.05) is 24.4 Å². The second-order valence-electron chi connectivity index (χ2n) is 12.4. The summed E-state index contributed by atoms with van der Waals surface area (Å²) in [5.74, 6) is -0.430. The molecule has 2 heterocycles. The van der Waals surface area contributed by atoms with Crippen molar-refractivity contribution < 1.29 is 32.3 Å². The summed E-state index contributed by atoms with van der Waals surface area (Å²) >= 11 is 0. The third-order valence-electron chi connectivity index (χ3n) is 9.48. The average Bonchev–Trinajstić information content (AvgIpc) is 3.94. The van der Waals surface area contributed by atoms with Crippen LogP contribution in [0.5, 0.6) is 11.6 Å². The highest BCUT2D eigenvalue weighted by atomic mass is 32.2. The van der Waals surface area contributed by atoms with Crippen molar-refractivity contribution in [3.63, 3.8) is 0 Å². The van der Waals surface area contributed by atoms with E-state index in [-0.39, 0.29) is 42.9 Å². The lowest BCUT2D eigenvalue weighted by Crippen LogP contribution is -2.52. The van der Waals surface area contributed by atoms with Gasteiger partial charge in [-0.2, -0.15) is 0 Å². The van der Waals surface area contributed by atoms with Crippen molar-refractivity contribution >= 4 is 38.4 Å². The molecule has 0 spiro atoms. The van der Waals surface area contributed by atoms with Gasteiger partial charge in [-0.05, 0) is 67.8 Å². The number of nitrogens with one attached hydrogen (secondary N) is 2. The van der Waals surface area contributed by atoms with E-state index < -0.39 is 44.8 Å². The minimum absolute atomic E-state index is 0.0104. The van der Waals surface area contributed by atoms with E-state index in [2.05, 4.69) is 21.6 Å². The maximum atomic E-state index is 14.1. The van der Waals surface area contributed by atoms with E-state index in [0.29, 0.717) is 30.9 Å². The van der Waals surface area contributed by atoms with Gasteiger partial charge in [-0.3, -0.25) is 19.1 Å². The molecule has 2 N–H and O–H groups in total. The van der Waals surface area contributed by atoms with Gasteiger partial charge in [-0.25, -0.2) is 13.4 Å². The van der Waals surface area contributed by atoms with Crippen molar-refractivity contribution in [2.75, 3.05) is 20.7 Å². The molecule has 12 heteroatoms. The normalized spacial score (nSPS) is 26.1. The van der Waals surface area contributed by atoms with Gasteiger partial charge < -0.3 is 19.7 Å². The van der Waals surface area contributed by atoms with Gasteiger partial charge >= 0.3 is 0 Å². The molecule has 1 unspecified atom stereocenters. The van der Waals surface area contributed by atoms with Gasteiger partial charge in [-0.15, -0.1) is 6.58 Å². The first-order valence-corrected chi connectivity index (χ1v) is 16.8. The first-order chi connectivity index (χ1) is 21.0. The third-order valence-corrected chi connectivity index (χ3v) is 11.3. The second kappa shape index (κ2) is 12.5. The van der Waals surface area contributed by atoms with Crippen LogP contribution in [0.2, 0.25) is 0 Å². The molecule has 1 aromatic carbocycles. The predicted octanol–water partition coefficient (Wildman–Crippen LogP) is 2.99. The Morgan fingerprint density at radius 2 is 2.00 bits per heavy atom. The van der Waals surface area contributed by atoms with Crippen LogP contribution < -0.4 is 19.5 Å². The van der Waals surface area contributed by atoms with Gasteiger partial charge in [0.15, 0.2) is 5.78 Å². The molecule has 3 aliphatic rings. The molecule has 44 heavy (non-hydrogen) atoms. The van der Waals surface area contributed by atoms with Crippen molar-refractivity contribution in [3.8, 4) is 11.6 Å². The Bertz CT molecular complexity index is 1560. The number of ketones is 1. The number of nitrogens with zero attached hydrogens (tertiary/aromatic N) is 2. The number of aromatic nitrogens is 1. The SMILES string of the molecule is C=C[C@@H]1C[C@]1(CC(=O)[C@@H]1C[C@@H](Oc2nccc3cc(OC)ccc23)CN1C(=O)C(NC)[C@@H](C)CC)C(=O)NS(=O)(=O)C1CC1. The van der Waals surface area contributed by atoms with Crippen molar-refractivity contribution in [1.82, 2.24) is 19.9 Å². The number of likely N-dealkylation sites (tertiary alicyclic amines) is 1. The molecule has 11 nitrogen and oxygen atoms in total. The number of allylic oxidation sites excluding steroid dienone is 1. The maximum absolute atomic E-state index is 14.1. The van der Waals surface area contributed by atoms with Crippen LogP contribution in [0.4, 0.5) is 0 Å². The number of amides is 2. The number of sulfonamides is 1. The van der Waals surface area contributed by atoms with Gasteiger partial charge in [-0.1, -0.05) is 26.3 Å². The van der Waals surface area contributed by atoms with Crippen LogP contribution >= 0.6 is 0 Å². The van der Waals surface area contributed by atoms with E-state index >= 15 is 0 Å². The van der Waals surface area contributed by atoms with E-state index in [0.717, 1.165) is 17.2 Å². The maximum Gasteiger partial charge on any atom is 0.240 e. The van der Waals surface area contributed by atoms with Crippen LogP contribution in [-0.2, 0) is 24.4 Å². The second-order valence-corrected chi connectivity index (χ2v) is 14.3. The summed E-state index contributed by atoms with van der Waals surface area (Å²) in [6.45, 7) is 7.95. The summed E-state index contributed by atoms with van der Waals surface area (Å²) in [7, 11) is -0.466. The number of carbonyl (C=O) groups excluding carboxylic acids is 3. The molecule has 0 radical (unpaired) electrons.